The van der Waals surface area contributed by atoms with Crippen LogP contribution in [0, 0.1) is 6.92 Å². The zero-order valence-corrected chi connectivity index (χ0v) is 11.9. The Morgan fingerprint density at radius 3 is 3.00 bits per heavy atom. The van der Waals surface area contributed by atoms with E-state index in [1.807, 2.05) is 38.4 Å². The number of ether oxygens (including phenoxy) is 1. The number of hydrogen-bond acceptors (Lipinski definition) is 3. The summed E-state index contributed by atoms with van der Waals surface area (Å²) in [4.78, 5) is 0. The summed E-state index contributed by atoms with van der Waals surface area (Å²) in [5, 5.41) is 14.8. The lowest BCUT2D eigenvalue weighted by molar-refractivity contribution is 0.144. The number of fused-ring (bicyclic) bond motifs is 1. The van der Waals surface area contributed by atoms with Crippen LogP contribution in [-0.4, -0.2) is 21.5 Å². The number of para-hydroxylation sites is 1. The summed E-state index contributed by atoms with van der Waals surface area (Å²) in [6.07, 6.45) is 3.10. The molecular formula is C16H20N2O2. The van der Waals surface area contributed by atoms with Crippen molar-refractivity contribution in [2.75, 3.05) is 6.61 Å². The van der Waals surface area contributed by atoms with Crippen LogP contribution in [0.25, 0.3) is 0 Å². The molecule has 2 aromatic rings. The van der Waals surface area contributed by atoms with Crippen molar-refractivity contribution in [1.82, 2.24) is 9.78 Å². The summed E-state index contributed by atoms with van der Waals surface area (Å²) >= 11 is 0. The zero-order valence-electron chi connectivity index (χ0n) is 11.9. The molecule has 1 aliphatic rings. The molecule has 1 aliphatic heterocycles. The predicted octanol–water partition coefficient (Wildman–Crippen LogP) is 2.72. The highest BCUT2D eigenvalue weighted by atomic mass is 16.5. The van der Waals surface area contributed by atoms with E-state index in [2.05, 4.69) is 11.2 Å². The van der Waals surface area contributed by atoms with E-state index in [1.54, 1.807) is 4.68 Å². The van der Waals surface area contributed by atoms with Gasteiger partial charge in [0.1, 0.15) is 5.75 Å². The average Bonchev–Trinajstić information content (AvgIpc) is 2.78. The lowest BCUT2D eigenvalue weighted by Gasteiger charge is -2.27. The van der Waals surface area contributed by atoms with E-state index in [4.69, 9.17) is 4.74 Å². The van der Waals surface area contributed by atoms with E-state index in [0.717, 1.165) is 30.0 Å². The molecule has 0 spiro atoms. The Balaban J connectivity index is 1.80. The monoisotopic (exact) mass is 272 g/mol. The van der Waals surface area contributed by atoms with Gasteiger partial charge in [-0.1, -0.05) is 18.2 Å². The third-order valence-corrected chi connectivity index (χ3v) is 4.00. The van der Waals surface area contributed by atoms with Crippen molar-refractivity contribution in [3.8, 4) is 5.75 Å². The molecule has 1 N–H and O–H groups in total. The zero-order chi connectivity index (χ0) is 14.1. The van der Waals surface area contributed by atoms with Crippen LogP contribution >= 0.6 is 0 Å². The number of aromatic nitrogens is 2. The fourth-order valence-electron chi connectivity index (χ4n) is 3.00. The first-order chi connectivity index (χ1) is 9.65. The molecule has 0 aliphatic carbocycles. The van der Waals surface area contributed by atoms with E-state index in [-0.39, 0.29) is 0 Å². The third-order valence-electron chi connectivity index (χ3n) is 4.00. The SMILES string of the molecule is Cc1nn(C)cc1C(O)CC1CCOc2ccccc21. The van der Waals surface area contributed by atoms with Crippen LogP contribution < -0.4 is 4.74 Å². The van der Waals surface area contributed by atoms with Crippen molar-refractivity contribution in [3.05, 3.63) is 47.3 Å². The van der Waals surface area contributed by atoms with Gasteiger partial charge in [0.15, 0.2) is 0 Å². The highest BCUT2D eigenvalue weighted by molar-refractivity contribution is 5.38. The minimum absolute atomic E-state index is 0.342. The van der Waals surface area contributed by atoms with Gasteiger partial charge in [-0.15, -0.1) is 0 Å². The van der Waals surface area contributed by atoms with Gasteiger partial charge in [0.25, 0.3) is 0 Å². The van der Waals surface area contributed by atoms with Crippen LogP contribution in [0.15, 0.2) is 30.5 Å². The number of aryl methyl sites for hydroxylation is 2. The van der Waals surface area contributed by atoms with Gasteiger partial charge >= 0.3 is 0 Å². The molecule has 1 aromatic heterocycles. The molecular weight excluding hydrogens is 252 g/mol. The first-order valence-electron chi connectivity index (χ1n) is 7.05. The van der Waals surface area contributed by atoms with E-state index in [1.165, 1.54) is 5.56 Å². The summed E-state index contributed by atoms with van der Waals surface area (Å²) < 4.78 is 7.43. The minimum Gasteiger partial charge on any atom is -0.493 e. The molecule has 0 saturated heterocycles. The molecule has 3 rings (SSSR count). The molecule has 2 unspecified atom stereocenters. The molecule has 2 atom stereocenters. The molecule has 1 aromatic carbocycles. The Morgan fingerprint density at radius 2 is 2.25 bits per heavy atom. The first kappa shape index (κ1) is 13.2. The number of nitrogens with zero attached hydrogens (tertiary/aromatic N) is 2. The molecule has 0 saturated carbocycles. The maximum Gasteiger partial charge on any atom is 0.122 e. The molecule has 0 fully saturated rings. The second kappa shape index (κ2) is 5.29. The Bertz CT molecular complexity index is 606. The number of hydrogen-bond donors (Lipinski definition) is 1. The molecule has 0 radical (unpaired) electrons. The number of aliphatic hydroxyl groups excluding tert-OH is 1. The molecule has 2 heterocycles. The fraction of sp³-hybridized carbons (Fsp3) is 0.438. The van der Waals surface area contributed by atoms with Gasteiger partial charge in [-0.3, -0.25) is 4.68 Å². The van der Waals surface area contributed by atoms with Crippen molar-refractivity contribution >= 4 is 0 Å². The van der Waals surface area contributed by atoms with Crippen LogP contribution in [0.4, 0.5) is 0 Å². The Hall–Kier alpha value is -1.81. The summed E-state index contributed by atoms with van der Waals surface area (Å²) in [7, 11) is 1.88. The van der Waals surface area contributed by atoms with Crippen LogP contribution in [0.2, 0.25) is 0 Å². The second-order valence-electron chi connectivity index (χ2n) is 5.47. The quantitative estimate of drug-likeness (QED) is 0.934. The largest absolute Gasteiger partial charge is 0.493 e. The summed E-state index contributed by atoms with van der Waals surface area (Å²) in [5.41, 5.74) is 3.04. The predicted molar refractivity (Wildman–Crippen MR) is 76.8 cm³/mol. The standard InChI is InChI=1S/C16H20N2O2/c1-11-14(10-18(2)17-11)15(19)9-12-7-8-20-16-6-4-3-5-13(12)16/h3-6,10,12,15,19H,7-9H2,1-2H3. The van der Waals surface area contributed by atoms with Crippen LogP contribution in [-0.2, 0) is 7.05 Å². The second-order valence-corrected chi connectivity index (χ2v) is 5.47. The van der Waals surface area contributed by atoms with Gasteiger partial charge in [-0.2, -0.15) is 5.10 Å². The van der Waals surface area contributed by atoms with Crippen molar-refractivity contribution in [2.24, 2.45) is 7.05 Å². The molecule has 4 nitrogen and oxygen atoms in total. The maximum atomic E-state index is 10.5. The number of benzene rings is 1. The van der Waals surface area contributed by atoms with Crippen molar-refractivity contribution < 1.29 is 9.84 Å². The van der Waals surface area contributed by atoms with Gasteiger partial charge in [-0.25, -0.2) is 0 Å². The van der Waals surface area contributed by atoms with E-state index >= 15 is 0 Å². The molecule has 106 valence electrons. The van der Waals surface area contributed by atoms with E-state index in [9.17, 15) is 5.11 Å². The minimum atomic E-state index is -0.472. The normalized spacial score (nSPS) is 19.2. The molecule has 0 amide bonds. The lowest BCUT2D eigenvalue weighted by atomic mass is 9.87. The number of rotatable bonds is 3. The Labute approximate surface area is 119 Å². The first-order valence-corrected chi connectivity index (χ1v) is 7.05. The molecule has 4 heteroatoms. The van der Waals surface area contributed by atoms with Crippen LogP contribution in [0.5, 0.6) is 5.75 Å². The summed E-state index contributed by atoms with van der Waals surface area (Å²) in [6, 6.07) is 8.12. The summed E-state index contributed by atoms with van der Waals surface area (Å²) in [6.45, 7) is 2.66. The van der Waals surface area contributed by atoms with E-state index in [0.29, 0.717) is 12.3 Å². The van der Waals surface area contributed by atoms with Gasteiger partial charge in [0.2, 0.25) is 0 Å². The molecule has 20 heavy (non-hydrogen) atoms. The highest BCUT2D eigenvalue weighted by Gasteiger charge is 2.25. The average molecular weight is 272 g/mol. The van der Waals surface area contributed by atoms with Crippen molar-refractivity contribution in [2.45, 2.75) is 31.8 Å². The van der Waals surface area contributed by atoms with Crippen LogP contribution in [0.1, 0.15) is 41.7 Å². The Kier molecular flexibility index (Phi) is 3.49. The van der Waals surface area contributed by atoms with Gasteiger partial charge in [0, 0.05) is 18.8 Å². The third kappa shape index (κ3) is 2.43. The van der Waals surface area contributed by atoms with E-state index < -0.39 is 6.10 Å². The van der Waals surface area contributed by atoms with Gasteiger partial charge in [0.05, 0.1) is 18.4 Å². The van der Waals surface area contributed by atoms with Gasteiger partial charge < -0.3 is 9.84 Å². The Morgan fingerprint density at radius 1 is 1.45 bits per heavy atom. The van der Waals surface area contributed by atoms with Gasteiger partial charge in [-0.05, 0) is 37.3 Å². The summed E-state index contributed by atoms with van der Waals surface area (Å²) in [5.74, 6) is 1.30. The van der Waals surface area contributed by atoms with Crippen LogP contribution in [0.3, 0.4) is 0 Å². The fourth-order valence-corrected chi connectivity index (χ4v) is 3.00. The topological polar surface area (TPSA) is 47.3 Å². The smallest absolute Gasteiger partial charge is 0.122 e. The highest BCUT2D eigenvalue weighted by Crippen LogP contribution is 2.39. The van der Waals surface area contributed by atoms with Crippen molar-refractivity contribution in [1.29, 1.82) is 0 Å². The van der Waals surface area contributed by atoms with Crippen molar-refractivity contribution in [3.63, 3.8) is 0 Å². The number of aliphatic hydroxyl groups is 1. The molecule has 0 bridgehead atoms. The lowest BCUT2D eigenvalue weighted by Crippen LogP contribution is -2.16. The maximum absolute atomic E-state index is 10.5.